The molecule has 2 aromatic carbocycles. The average molecular weight is 319 g/mol. The van der Waals surface area contributed by atoms with E-state index >= 15 is 0 Å². The normalized spacial score (nSPS) is 10.3. The van der Waals surface area contributed by atoms with Crippen LogP contribution in [0.25, 0.3) is 0 Å². The molecule has 0 fully saturated rings. The Morgan fingerprint density at radius 3 is 2.68 bits per heavy atom. The van der Waals surface area contributed by atoms with E-state index in [0.717, 1.165) is 33.2 Å². The number of aryl methyl sites for hydroxylation is 2. The molecule has 0 atom stereocenters. The smallest absolute Gasteiger partial charge is 0.150 e. The van der Waals surface area contributed by atoms with Gasteiger partial charge in [-0.25, -0.2) is 0 Å². The summed E-state index contributed by atoms with van der Waals surface area (Å²) >= 11 is 3.41. The highest BCUT2D eigenvalue weighted by Gasteiger charge is 2.05. The van der Waals surface area contributed by atoms with E-state index in [1.165, 1.54) is 0 Å². The van der Waals surface area contributed by atoms with Crippen LogP contribution >= 0.6 is 15.9 Å². The van der Waals surface area contributed by atoms with E-state index in [0.29, 0.717) is 12.2 Å². The Kier molecular flexibility index (Phi) is 4.38. The molecule has 0 saturated heterocycles. The quantitative estimate of drug-likeness (QED) is 0.778. The van der Waals surface area contributed by atoms with Crippen molar-refractivity contribution in [3.63, 3.8) is 0 Å². The fourth-order valence-electron chi connectivity index (χ4n) is 1.83. The molecule has 0 saturated carbocycles. The Bertz CT molecular complexity index is 606. The van der Waals surface area contributed by atoms with Gasteiger partial charge in [0.05, 0.1) is 0 Å². The predicted octanol–water partition coefficient (Wildman–Crippen LogP) is 4.46. The lowest BCUT2D eigenvalue weighted by molar-refractivity contribution is 0.112. The standard InChI is InChI=1S/C16H15BrO2/c1-11-3-4-12(2)16(7-11)19-10-14-8-15(17)6-5-13(14)9-18/h3-9H,10H2,1-2H3. The number of halogens is 1. The molecule has 0 bridgehead atoms. The molecule has 0 amide bonds. The molecule has 0 radical (unpaired) electrons. The van der Waals surface area contributed by atoms with Crippen LogP contribution in [-0.2, 0) is 6.61 Å². The minimum absolute atomic E-state index is 0.387. The SMILES string of the molecule is Cc1ccc(C)c(OCc2cc(Br)ccc2C=O)c1. The lowest BCUT2D eigenvalue weighted by atomic mass is 10.1. The van der Waals surface area contributed by atoms with Gasteiger partial charge in [-0.2, -0.15) is 0 Å². The summed E-state index contributed by atoms with van der Waals surface area (Å²) in [6.07, 6.45) is 0.855. The van der Waals surface area contributed by atoms with Crippen molar-refractivity contribution in [1.82, 2.24) is 0 Å². The number of benzene rings is 2. The van der Waals surface area contributed by atoms with Gasteiger partial charge in [-0.1, -0.05) is 34.1 Å². The van der Waals surface area contributed by atoms with Crippen LogP contribution in [-0.4, -0.2) is 6.29 Å². The highest BCUT2D eigenvalue weighted by Crippen LogP contribution is 2.22. The Balaban J connectivity index is 2.20. The van der Waals surface area contributed by atoms with Gasteiger partial charge in [0.2, 0.25) is 0 Å². The van der Waals surface area contributed by atoms with Gasteiger partial charge in [-0.15, -0.1) is 0 Å². The van der Waals surface area contributed by atoms with Gasteiger partial charge < -0.3 is 4.74 Å². The lowest BCUT2D eigenvalue weighted by Crippen LogP contribution is -2.01. The van der Waals surface area contributed by atoms with Crippen molar-refractivity contribution in [2.24, 2.45) is 0 Å². The monoisotopic (exact) mass is 318 g/mol. The number of carbonyl (C=O) groups excluding carboxylic acids is 1. The molecule has 19 heavy (non-hydrogen) atoms. The Morgan fingerprint density at radius 1 is 1.16 bits per heavy atom. The summed E-state index contributed by atoms with van der Waals surface area (Å²) in [6.45, 7) is 4.43. The zero-order chi connectivity index (χ0) is 13.8. The molecule has 0 aromatic heterocycles. The van der Waals surface area contributed by atoms with E-state index in [4.69, 9.17) is 4.74 Å². The summed E-state index contributed by atoms with van der Waals surface area (Å²) in [5.74, 6) is 0.858. The maximum Gasteiger partial charge on any atom is 0.150 e. The Morgan fingerprint density at radius 2 is 1.95 bits per heavy atom. The first-order chi connectivity index (χ1) is 9.10. The van der Waals surface area contributed by atoms with Crippen molar-refractivity contribution < 1.29 is 9.53 Å². The summed E-state index contributed by atoms with van der Waals surface area (Å²) in [6, 6.07) is 11.6. The molecular weight excluding hydrogens is 304 g/mol. The molecule has 0 unspecified atom stereocenters. The highest BCUT2D eigenvalue weighted by atomic mass is 79.9. The van der Waals surface area contributed by atoms with Crippen LogP contribution in [0.2, 0.25) is 0 Å². The lowest BCUT2D eigenvalue weighted by Gasteiger charge is -2.11. The zero-order valence-electron chi connectivity index (χ0n) is 10.9. The van der Waals surface area contributed by atoms with Crippen molar-refractivity contribution in [3.05, 3.63) is 63.1 Å². The van der Waals surface area contributed by atoms with E-state index < -0.39 is 0 Å². The van der Waals surface area contributed by atoms with Gasteiger partial charge in [0.25, 0.3) is 0 Å². The molecule has 2 nitrogen and oxygen atoms in total. The number of rotatable bonds is 4. The summed E-state index contributed by atoms with van der Waals surface area (Å²) in [4.78, 5) is 11.0. The van der Waals surface area contributed by atoms with E-state index in [1.807, 2.05) is 38.1 Å². The van der Waals surface area contributed by atoms with Crippen LogP contribution in [0.15, 0.2) is 40.9 Å². The van der Waals surface area contributed by atoms with Crippen LogP contribution in [0.1, 0.15) is 27.0 Å². The van der Waals surface area contributed by atoms with Crippen LogP contribution in [0.4, 0.5) is 0 Å². The van der Waals surface area contributed by atoms with Crippen LogP contribution < -0.4 is 4.74 Å². The van der Waals surface area contributed by atoms with E-state index in [9.17, 15) is 4.79 Å². The van der Waals surface area contributed by atoms with Gasteiger partial charge in [-0.3, -0.25) is 4.79 Å². The van der Waals surface area contributed by atoms with E-state index in [1.54, 1.807) is 6.07 Å². The molecule has 0 N–H and O–H groups in total. The fraction of sp³-hybridized carbons (Fsp3) is 0.188. The third kappa shape index (κ3) is 3.44. The van der Waals surface area contributed by atoms with Gasteiger partial charge in [0, 0.05) is 15.6 Å². The third-order valence-electron chi connectivity index (χ3n) is 2.96. The number of ether oxygens (including phenoxy) is 1. The molecule has 0 aliphatic rings. The van der Waals surface area contributed by atoms with Gasteiger partial charge in [0.15, 0.2) is 0 Å². The highest BCUT2D eigenvalue weighted by molar-refractivity contribution is 9.10. The number of carbonyl (C=O) groups is 1. The van der Waals surface area contributed by atoms with Crippen LogP contribution in [0.5, 0.6) is 5.75 Å². The summed E-state index contributed by atoms with van der Waals surface area (Å²) in [5.41, 5.74) is 3.79. The Hall–Kier alpha value is -1.61. The molecule has 98 valence electrons. The molecule has 2 aromatic rings. The van der Waals surface area contributed by atoms with Crippen molar-refractivity contribution >= 4 is 22.2 Å². The van der Waals surface area contributed by atoms with Crippen molar-refractivity contribution in [2.45, 2.75) is 20.5 Å². The molecule has 0 aliphatic heterocycles. The fourth-order valence-corrected chi connectivity index (χ4v) is 2.24. The molecular formula is C16H15BrO2. The topological polar surface area (TPSA) is 26.3 Å². The second-order valence-corrected chi connectivity index (χ2v) is 5.43. The summed E-state index contributed by atoms with van der Waals surface area (Å²) in [7, 11) is 0. The summed E-state index contributed by atoms with van der Waals surface area (Å²) in [5, 5.41) is 0. The van der Waals surface area contributed by atoms with Gasteiger partial charge >= 0.3 is 0 Å². The third-order valence-corrected chi connectivity index (χ3v) is 3.45. The second kappa shape index (κ2) is 6.02. The molecule has 2 rings (SSSR count). The Labute approximate surface area is 121 Å². The first-order valence-electron chi connectivity index (χ1n) is 6.04. The van der Waals surface area contributed by atoms with Crippen molar-refractivity contribution in [2.75, 3.05) is 0 Å². The average Bonchev–Trinajstić information content (AvgIpc) is 2.40. The van der Waals surface area contributed by atoms with Gasteiger partial charge in [0.1, 0.15) is 18.6 Å². The second-order valence-electron chi connectivity index (χ2n) is 4.52. The predicted molar refractivity (Wildman–Crippen MR) is 79.8 cm³/mol. The van der Waals surface area contributed by atoms with Crippen molar-refractivity contribution in [1.29, 1.82) is 0 Å². The maximum absolute atomic E-state index is 11.0. The van der Waals surface area contributed by atoms with Gasteiger partial charge in [-0.05, 0) is 43.2 Å². The molecule has 0 heterocycles. The summed E-state index contributed by atoms with van der Waals surface area (Å²) < 4.78 is 6.76. The molecule has 0 spiro atoms. The minimum atomic E-state index is 0.387. The van der Waals surface area contributed by atoms with E-state index in [-0.39, 0.29) is 0 Å². The number of hydrogen-bond donors (Lipinski definition) is 0. The van der Waals surface area contributed by atoms with Crippen molar-refractivity contribution in [3.8, 4) is 5.75 Å². The number of aldehydes is 1. The molecule has 0 aliphatic carbocycles. The minimum Gasteiger partial charge on any atom is -0.489 e. The van der Waals surface area contributed by atoms with Crippen LogP contribution in [0.3, 0.4) is 0 Å². The maximum atomic E-state index is 11.0. The first-order valence-corrected chi connectivity index (χ1v) is 6.83. The largest absolute Gasteiger partial charge is 0.489 e. The number of hydrogen-bond acceptors (Lipinski definition) is 2. The van der Waals surface area contributed by atoms with E-state index in [2.05, 4.69) is 22.0 Å². The first kappa shape index (κ1) is 13.8. The molecule has 3 heteroatoms. The van der Waals surface area contributed by atoms with Crippen LogP contribution in [0, 0.1) is 13.8 Å². The zero-order valence-corrected chi connectivity index (χ0v) is 12.5.